The smallest absolute Gasteiger partial charge is 0.336 e. The first kappa shape index (κ1) is 18.4. The van der Waals surface area contributed by atoms with Gasteiger partial charge in [-0.3, -0.25) is 0 Å². The summed E-state index contributed by atoms with van der Waals surface area (Å²) < 4.78 is 32.6. The first-order valence-electron chi connectivity index (χ1n) is 8.23. The van der Waals surface area contributed by atoms with E-state index in [0.717, 1.165) is 32.4 Å². The third-order valence-corrected chi connectivity index (χ3v) is 7.03. The minimum atomic E-state index is -3.53. The van der Waals surface area contributed by atoms with Crippen LogP contribution in [-0.4, -0.2) is 38.9 Å². The zero-order valence-corrected chi connectivity index (χ0v) is 15.4. The van der Waals surface area contributed by atoms with Crippen LogP contribution in [0.2, 0.25) is 0 Å². The minimum absolute atomic E-state index is 0. The van der Waals surface area contributed by atoms with Gasteiger partial charge < -0.3 is 9.73 Å². The maximum Gasteiger partial charge on any atom is 0.336 e. The minimum Gasteiger partial charge on any atom is -0.423 e. The van der Waals surface area contributed by atoms with Gasteiger partial charge in [0.2, 0.25) is 10.0 Å². The van der Waals surface area contributed by atoms with Gasteiger partial charge in [-0.25, -0.2) is 13.2 Å². The average Bonchev–Trinajstić information content (AvgIpc) is 2.99. The van der Waals surface area contributed by atoms with Crippen molar-refractivity contribution in [1.29, 1.82) is 0 Å². The Balaban J connectivity index is 0.00000182. The van der Waals surface area contributed by atoms with E-state index >= 15 is 0 Å². The van der Waals surface area contributed by atoms with Gasteiger partial charge >= 0.3 is 5.63 Å². The zero-order valence-electron chi connectivity index (χ0n) is 13.7. The molecule has 0 radical (unpaired) electrons. The molecule has 2 aromatic rings. The topological polar surface area (TPSA) is 79.6 Å². The normalized spacial score (nSPS) is 24.5. The maximum atomic E-state index is 13.0. The van der Waals surface area contributed by atoms with Gasteiger partial charge in [-0.15, -0.1) is 12.4 Å². The summed E-state index contributed by atoms with van der Waals surface area (Å²) in [4.78, 5) is 11.5. The van der Waals surface area contributed by atoms with Crippen molar-refractivity contribution in [2.75, 3.05) is 26.2 Å². The van der Waals surface area contributed by atoms with Crippen molar-refractivity contribution >= 4 is 33.4 Å². The van der Waals surface area contributed by atoms with Gasteiger partial charge in [0.25, 0.3) is 0 Å². The van der Waals surface area contributed by atoms with Crippen LogP contribution < -0.4 is 10.9 Å². The Hall–Kier alpha value is -1.41. The summed E-state index contributed by atoms with van der Waals surface area (Å²) >= 11 is 0. The van der Waals surface area contributed by atoms with E-state index < -0.39 is 15.6 Å². The number of rotatable bonds is 2. The number of hydrogen-bond donors (Lipinski definition) is 1. The van der Waals surface area contributed by atoms with E-state index in [1.165, 1.54) is 12.1 Å². The molecule has 0 bridgehead atoms. The van der Waals surface area contributed by atoms with Gasteiger partial charge in [-0.05, 0) is 55.5 Å². The molecule has 0 amide bonds. The summed E-state index contributed by atoms with van der Waals surface area (Å²) in [5.74, 6) is 0. The molecule has 4 rings (SSSR count). The predicted molar refractivity (Wildman–Crippen MR) is 97.6 cm³/mol. The summed E-state index contributed by atoms with van der Waals surface area (Å²) in [6, 6.07) is 7.55. The standard InChI is InChI=1S/C17H20N2O4S.ClH/c20-16-5-2-13-10-14(3-4-15(13)23-16)24(21,22)19-9-7-17(12-19)6-1-8-18-11-17;/h2-5,10,18H,1,6-9,11-12H2;1H. The third kappa shape index (κ3) is 3.33. The van der Waals surface area contributed by atoms with Crippen molar-refractivity contribution in [1.82, 2.24) is 9.62 Å². The molecule has 1 aromatic heterocycles. The number of benzene rings is 1. The van der Waals surface area contributed by atoms with Crippen LogP contribution in [0.4, 0.5) is 0 Å². The second kappa shape index (κ2) is 6.72. The second-order valence-corrected chi connectivity index (χ2v) is 8.76. The van der Waals surface area contributed by atoms with Crippen molar-refractivity contribution in [3.05, 3.63) is 40.8 Å². The van der Waals surface area contributed by atoms with Gasteiger partial charge in [0, 0.05) is 31.1 Å². The molecular weight excluding hydrogens is 364 g/mol. The highest BCUT2D eigenvalue weighted by atomic mass is 35.5. The molecule has 6 nitrogen and oxygen atoms in total. The summed E-state index contributed by atoms with van der Waals surface area (Å²) in [7, 11) is -3.53. The molecule has 136 valence electrons. The van der Waals surface area contributed by atoms with Gasteiger partial charge in [0.05, 0.1) is 4.90 Å². The lowest BCUT2D eigenvalue weighted by molar-refractivity contribution is 0.225. The van der Waals surface area contributed by atoms with E-state index in [0.29, 0.717) is 24.1 Å². The van der Waals surface area contributed by atoms with Gasteiger partial charge in [-0.1, -0.05) is 0 Å². The largest absolute Gasteiger partial charge is 0.423 e. The summed E-state index contributed by atoms with van der Waals surface area (Å²) in [5.41, 5.74) is 0.0369. The fraction of sp³-hybridized carbons (Fsp3) is 0.471. The van der Waals surface area contributed by atoms with Gasteiger partial charge in [-0.2, -0.15) is 4.31 Å². The van der Waals surface area contributed by atoms with Crippen molar-refractivity contribution in [2.24, 2.45) is 5.41 Å². The molecule has 1 atom stereocenters. The van der Waals surface area contributed by atoms with Crippen molar-refractivity contribution in [2.45, 2.75) is 24.2 Å². The van der Waals surface area contributed by atoms with Crippen LogP contribution in [0.1, 0.15) is 19.3 Å². The molecule has 0 aliphatic carbocycles. The lowest BCUT2D eigenvalue weighted by Crippen LogP contribution is -2.42. The number of nitrogens with one attached hydrogen (secondary N) is 1. The summed E-state index contributed by atoms with van der Waals surface area (Å²) in [5, 5.41) is 4.01. The lowest BCUT2D eigenvalue weighted by atomic mass is 9.80. The third-order valence-electron chi connectivity index (χ3n) is 5.19. The molecule has 1 N–H and O–H groups in total. The molecule has 3 heterocycles. The van der Waals surface area contributed by atoms with Gasteiger partial charge in [0.1, 0.15) is 5.58 Å². The quantitative estimate of drug-likeness (QED) is 0.801. The number of fused-ring (bicyclic) bond motifs is 1. The molecule has 25 heavy (non-hydrogen) atoms. The molecule has 1 aromatic carbocycles. The molecule has 2 fully saturated rings. The van der Waals surface area contributed by atoms with Crippen LogP contribution >= 0.6 is 12.4 Å². The molecule has 2 aliphatic rings. The van der Waals surface area contributed by atoms with Gasteiger partial charge in [0.15, 0.2) is 0 Å². The average molecular weight is 385 g/mol. The first-order valence-corrected chi connectivity index (χ1v) is 9.67. The molecular formula is C17H21ClN2O4S. The van der Waals surface area contributed by atoms with E-state index in [4.69, 9.17) is 4.42 Å². The SMILES string of the molecule is Cl.O=c1ccc2cc(S(=O)(=O)N3CCC4(CCCNC4)C3)ccc2o1. The Labute approximate surface area is 152 Å². The van der Waals surface area contributed by atoms with E-state index in [-0.39, 0.29) is 22.7 Å². The predicted octanol–water partition coefficient (Wildman–Crippen LogP) is 1.98. The van der Waals surface area contributed by atoms with Crippen molar-refractivity contribution < 1.29 is 12.8 Å². The van der Waals surface area contributed by atoms with Crippen LogP contribution in [0.5, 0.6) is 0 Å². The zero-order chi connectivity index (χ0) is 16.8. The maximum absolute atomic E-state index is 13.0. The Morgan fingerprint density at radius 2 is 2.00 bits per heavy atom. The highest BCUT2D eigenvalue weighted by Crippen LogP contribution is 2.38. The lowest BCUT2D eigenvalue weighted by Gasteiger charge is -2.33. The Morgan fingerprint density at radius 3 is 2.76 bits per heavy atom. The van der Waals surface area contributed by atoms with Crippen LogP contribution in [0, 0.1) is 5.41 Å². The highest BCUT2D eigenvalue weighted by molar-refractivity contribution is 7.89. The summed E-state index contributed by atoms with van der Waals surface area (Å²) in [6.45, 7) is 3.04. The van der Waals surface area contributed by atoms with E-state index in [1.807, 2.05) is 0 Å². The van der Waals surface area contributed by atoms with E-state index in [1.54, 1.807) is 22.5 Å². The fourth-order valence-corrected chi connectivity index (χ4v) is 5.43. The number of piperidine rings is 1. The molecule has 0 saturated carbocycles. The van der Waals surface area contributed by atoms with Crippen LogP contribution in [0.25, 0.3) is 11.0 Å². The van der Waals surface area contributed by atoms with Crippen LogP contribution in [-0.2, 0) is 10.0 Å². The molecule has 1 spiro atoms. The Morgan fingerprint density at radius 1 is 1.16 bits per heavy atom. The highest BCUT2D eigenvalue weighted by Gasteiger charge is 2.43. The van der Waals surface area contributed by atoms with Crippen molar-refractivity contribution in [3.8, 4) is 0 Å². The van der Waals surface area contributed by atoms with E-state index in [2.05, 4.69) is 5.32 Å². The summed E-state index contributed by atoms with van der Waals surface area (Å²) in [6.07, 6.45) is 3.08. The molecule has 2 aliphatic heterocycles. The van der Waals surface area contributed by atoms with Crippen molar-refractivity contribution in [3.63, 3.8) is 0 Å². The number of sulfonamides is 1. The Kier molecular flexibility index (Phi) is 4.94. The molecule has 8 heteroatoms. The number of hydrogen-bond acceptors (Lipinski definition) is 5. The fourth-order valence-electron chi connectivity index (χ4n) is 3.84. The monoisotopic (exact) mass is 384 g/mol. The Bertz CT molecular complexity index is 935. The number of halogens is 1. The number of nitrogens with zero attached hydrogens (tertiary/aromatic N) is 1. The van der Waals surface area contributed by atoms with E-state index in [9.17, 15) is 13.2 Å². The van der Waals surface area contributed by atoms with Crippen LogP contribution in [0.3, 0.4) is 0 Å². The first-order chi connectivity index (χ1) is 11.5. The molecule has 2 saturated heterocycles. The molecule has 1 unspecified atom stereocenters. The second-order valence-electron chi connectivity index (χ2n) is 6.82. The van der Waals surface area contributed by atoms with Crippen LogP contribution in [0.15, 0.2) is 44.4 Å².